The summed E-state index contributed by atoms with van der Waals surface area (Å²) < 4.78 is 40.5. The van der Waals surface area contributed by atoms with E-state index in [1.54, 1.807) is 60.7 Å². The Labute approximate surface area is 361 Å². The third-order valence-corrected chi connectivity index (χ3v) is 10.7. The molecule has 2 unspecified atom stereocenters. The van der Waals surface area contributed by atoms with Crippen molar-refractivity contribution in [1.82, 2.24) is 5.32 Å². The molecule has 62 heavy (non-hydrogen) atoms. The number of ether oxygens (including phenoxy) is 6. The molecular formula is C47H43ClN2O12. The molecule has 7 rings (SSSR count). The minimum atomic E-state index is -1.17. The van der Waals surface area contributed by atoms with E-state index in [-0.39, 0.29) is 60.7 Å². The molecule has 0 spiro atoms. The van der Waals surface area contributed by atoms with Crippen molar-refractivity contribution in [3.8, 4) is 45.8 Å². The van der Waals surface area contributed by atoms with Crippen LogP contribution in [0.4, 0.5) is 0 Å². The molecule has 2 aliphatic rings. The summed E-state index contributed by atoms with van der Waals surface area (Å²) in [5.41, 5.74) is 3.81. The molecule has 1 aliphatic heterocycles. The van der Waals surface area contributed by atoms with Crippen LogP contribution in [0, 0.1) is 30.1 Å². The number of imide groups is 1. The van der Waals surface area contributed by atoms with Crippen LogP contribution in [0.2, 0.25) is 5.02 Å². The second kappa shape index (κ2) is 20.0. The summed E-state index contributed by atoms with van der Waals surface area (Å²) in [7, 11) is 0. The van der Waals surface area contributed by atoms with Crippen LogP contribution in [0.25, 0.3) is 33.4 Å². The SMILES string of the molecule is CCOc1cc2oc(-c3ccc(OCCOCCOCCOCCOc4cccc5c4C(=O)C(C4CCC(=O)NC4=O)C5=O)cc3Cl)cc(=O)c2cc1-c1cc(C)cc(C#N)c1. The zero-order valence-corrected chi connectivity index (χ0v) is 34.8. The molecule has 1 aliphatic carbocycles. The summed E-state index contributed by atoms with van der Waals surface area (Å²) in [6, 6.07) is 22.3. The summed E-state index contributed by atoms with van der Waals surface area (Å²) in [6.45, 7) is 6.31. The Hall–Kier alpha value is -6.37. The van der Waals surface area contributed by atoms with Crippen molar-refractivity contribution < 1.29 is 52.0 Å². The highest BCUT2D eigenvalue weighted by Crippen LogP contribution is 2.40. The Balaban J connectivity index is 0.808. The van der Waals surface area contributed by atoms with E-state index in [1.807, 2.05) is 19.9 Å². The summed E-state index contributed by atoms with van der Waals surface area (Å²) in [4.78, 5) is 63.7. The van der Waals surface area contributed by atoms with Gasteiger partial charge in [0.1, 0.15) is 41.8 Å². The maximum Gasteiger partial charge on any atom is 0.230 e. The first-order chi connectivity index (χ1) is 30.1. The molecule has 5 aromatic rings. The van der Waals surface area contributed by atoms with Gasteiger partial charge in [-0.2, -0.15) is 5.26 Å². The van der Waals surface area contributed by atoms with Gasteiger partial charge < -0.3 is 32.8 Å². The van der Waals surface area contributed by atoms with Crippen LogP contribution in [0.1, 0.15) is 51.6 Å². The molecule has 15 heteroatoms. The number of piperidine rings is 1. The number of hydrogen-bond acceptors (Lipinski definition) is 13. The predicted octanol–water partition coefficient (Wildman–Crippen LogP) is 6.91. The average molecular weight is 863 g/mol. The summed E-state index contributed by atoms with van der Waals surface area (Å²) >= 11 is 6.64. The van der Waals surface area contributed by atoms with Gasteiger partial charge in [0, 0.05) is 35.2 Å². The van der Waals surface area contributed by atoms with E-state index in [9.17, 15) is 29.2 Å². The topological polar surface area (TPSA) is 190 Å². The van der Waals surface area contributed by atoms with Gasteiger partial charge in [-0.1, -0.05) is 29.8 Å². The van der Waals surface area contributed by atoms with Crippen molar-refractivity contribution in [1.29, 1.82) is 5.26 Å². The summed E-state index contributed by atoms with van der Waals surface area (Å²) in [5, 5.41) is 12.4. The second-order valence-electron chi connectivity index (χ2n) is 14.6. The molecule has 1 N–H and O–H groups in total. The molecule has 1 aromatic heterocycles. The standard InChI is InChI=1S/C47H43ClN2O12/c1-3-59-39-25-41-35(23-34(39)29-20-27(2)19-28(21-29)26-49)37(51)24-40(62-41)31-8-7-30(22-36(31)48)60-17-15-57-13-11-56-12-14-58-16-18-61-38-6-4-5-32-43(38)46(54)44(45(32)53)33-9-10-42(52)50-47(33)55/h4-8,19-25,33,44H,3,9-18H2,1-2H3,(H,50,52,55). The number of nitriles is 1. The molecule has 2 amide bonds. The van der Waals surface area contributed by atoms with E-state index >= 15 is 0 Å². The van der Waals surface area contributed by atoms with Gasteiger partial charge in [0.05, 0.1) is 85.7 Å². The fraction of sp³-hybridized carbons (Fsp3) is 0.319. The van der Waals surface area contributed by atoms with E-state index in [0.717, 1.165) is 11.1 Å². The Kier molecular flexibility index (Phi) is 14.1. The minimum absolute atomic E-state index is 0.0760. The van der Waals surface area contributed by atoms with Crippen molar-refractivity contribution in [3.63, 3.8) is 0 Å². The first-order valence-corrected chi connectivity index (χ1v) is 20.5. The van der Waals surface area contributed by atoms with Crippen LogP contribution >= 0.6 is 11.6 Å². The molecule has 0 saturated carbocycles. The molecule has 2 atom stereocenters. The van der Waals surface area contributed by atoms with Gasteiger partial charge in [0.2, 0.25) is 11.8 Å². The Morgan fingerprint density at radius 3 is 2.18 bits per heavy atom. The fourth-order valence-electron chi connectivity index (χ4n) is 7.52. The van der Waals surface area contributed by atoms with Gasteiger partial charge in [-0.05, 0) is 73.9 Å². The maximum absolute atomic E-state index is 13.4. The van der Waals surface area contributed by atoms with Crippen LogP contribution in [0.5, 0.6) is 17.2 Å². The monoisotopic (exact) mass is 862 g/mol. The highest BCUT2D eigenvalue weighted by molar-refractivity contribution is 6.33. The van der Waals surface area contributed by atoms with Gasteiger partial charge in [-0.15, -0.1) is 0 Å². The van der Waals surface area contributed by atoms with E-state index in [2.05, 4.69) is 11.4 Å². The Morgan fingerprint density at radius 1 is 0.758 bits per heavy atom. The normalized spacial score (nSPS) is 16.0. The number of nitrogens with zero attached hydrogens (tertiary/aromatic N) is 1. The number of carbonyl (C=O) groups excluding carboxylic acids is 4. The molecule has 14 nitrogen and oxygen atoms in total. The highest BCUT2D eigenvalue weighted by atomic mass is 35.5. The van der Waals surface area contributed by atoms with Gasteiger partial charge >= 0.3 is 0 Å². The van der Waals surface area contributed by atoms with E-state index < -0.39 is 35.2 Å². The minimum Gasteiger partial charge on any atom is -0.493 e. The van der Waals surface area contributed by atoms with Crippen LogP contribution in [-0.2, 0) is 23.8 Å². The number of amides is 2. The summed E-state index contributed by atoms with van der Waals surface area (Å²) in [5.74, 6) is -2.43. The molecule has 0 bridgehead atoms. The second-order valence-corrected chi connectivity index (χ2v) is 15.0. The van der Waals surface area contributed by atoms with Gasteiger partial charge in [-0.3, -0.25) is 29.3 Å². The summed E-state index contributed by atoms with van der Waals surface area (Å²) in [6.07, 6.45) is 0.216. The Morgan fingerprint density at radius 2 is 1.48 bits per heavy atom. The van der Waals surface area contributed by atoms with Crippen molar-refractivity contribution in [2.45, 2.75) is 26.7 Å². The molecule has 2 heterocycles. The number of halogens is 1. The molecule has 1 saturated heterocycles. The smallest absolute Gasteiger partial charge is 0.230 e. The van der Waals surface area contributed by atoms with Crippen molar-refractivity contribution >= 4 is 46.0 Å². The zero-order chi connectivity index (χ0) is 43.8. The number of carbonyl (C=O) groups is 4. The zero-order valence-electron chi connectivity index (χ0n) is 34.1. The number of rotatable bonds is 19. The van der Waals surface area contributed by atoms with Crippen molar-refractivity contribution in [3.05, 3.63) is 110 Å². The van der Waals surface area contributed by atoms with E-state index in [0.29, 0.717) is 83.8 Å². The molecular weight excluding hydrogens is 820 g/mol. The largest absolute Gasteiger partial charge is 0.493 e. The van der Waals surface area contributed by atoms with Crippen LogP contribution in [0.15, 0.2) is 82.0 Å². The lowest BCUT2D eigenvalue weighted by atomic mass is 9.82. The van der Waals surface area contributed by atoms with E-state index in [4.69, 9.17) is 44.4 Å². The van der Waals surface area contributed by atoms with Crippen LogP contribution in [-0.4, -0.2) is 82.8 Å². The highest BCUT2D eigenvalue weighted by Gasteiger charge is 2.48. The third-order valence-electron chi connectivity index (χ3n) is 10.4. The number of hydrogen-bond donors (Lipinski definition) is 1. The van der Waals surface area contributed by atoms with Gasteiger partial charge in [0.25, 0.3) is 0 Å². The van der Waals surface area contributed by atoms with Gasteiger partial charge in [0.15, 0.2) is 17.0 Å². The first-order valence-electron chi connectivity index (χ1n) is 20.2. The quantitative estimate of drug-likeness (QED) is 0.0512. The number of fused-ring (bicyclic) bond motifs is 2. The molecule has 4 aromatic carbocycles. The third kappa shape index (κ3) is 9.88. The van der Waals surface area contributed by atoms with Crippen molar-refractivity contribution in [2.24, 2.45) is 11.8 Å². The first kappa shape index (κ1) is 43.7. The number of benzene rings is 4. The van der Waals surface area contributed by atoms with Gasteiger partial charge in [-0.25, -0.2) is 0 Å². The number of Topliss-reactive ketones (excluding diaryl/α,β-unsaturated/α-hetero) is 2. The fourth-order valence-corrected chi connectivity index (χ4v) is 7.79. The lowest BCUT2D eigenvalue weighted by molar-refractivity contribution is -0.137. The van der Waals surface area contributed by atoms with Crippen LogP contribution in [0.3, 0.4) is 0 Å². The lowest BCUT2D eigenvalue weighted by Gasteiger charge is -2.24. The number of ketones is 2. The molecule has 320 valence electrons. The van der Waals surface area contributed by atoms with Crippen LogP contribution < -0.4 is 25.0 Å². The lowest BCUT2D eigenvalue weighted by Crippen LogP contribution is -2.46. The predicted molar refractivity (Wildman–Crippen MR) is 227 cm³/mol. The Bertz CT molecular complexity index is 2630. The number of aryl methyl sites for hydroxylation is 1. The maximum atomic E-state index is 13.4. The van der Waals surface area contributed by atoms with E-state index in [1.165, 1.54) is 6.07 Å². The number of nitrogens with one attached hydrogen (secondary N) is 1. The molecule has 0 radical (unpaired) electrons. The molecule has 1 fully saturated rings. The van der Waals surface area contributed by atoms with Crippen molar-refractivity contribution in [2.75, 3.05) is 59.5 Å². The average Bonchev–Trinajstić information content (AvgIpc) is 3.50.